The van der Waals surface area contributed by atoms with Gasteiger partial charge in [-0.25, -0.2) is 9.13 Å². The fourth-order valence-corrected chi connectivity index (χ4v) is 13.1. The maximum absolute atomic E-state index is 13.1. The van der Waals surface area contributed by atoms with Crippen molar-refractivity contribution >= 4 is 39.5 Å². The van der Waals surface area contributed by atoms with Gasteiger partial charge in [0.25, 0.3) is 0 Å². The molecule has 0 aromatic heterocycles. The summed E-state index contributed by atoms with van der Waals surface area (Å²) >= 11 is 0. The van der Waals surface area contributed by atoms with Crippen LogP contribution >= 0.6 is 15.6 Å². The maximum atomic E-state index is 13.1. The van der Waals surface area contributed by atoms with Crippen LogP contribution in [0.3, 0.4) is 0 Å². The number of phosphoric acid groups is 2. The lowest BCUT2D eigenvalue weighted by Crippen LogP contribution is -2.30. The molecule has 0 saturated heterocycles. The van der Waals surface area contributed by atoms with Crippen molar-refractivity contribution in [2.45, 2.75) is 393 Å². The van der Waals surface area contributed by atoms with Crippen LogP contribution in [0.5, 0.6) is 0 Å². The molecule has 3 N–H and O–H groups in total. The van der Waals surface area contributed by atoms with Crippen molar-refractivity contribution < 1.29 is 80.2 Å². The Morgan fingerprint density at radius 1 is 0.264 bits per heavy atom. The van der Waals surface area contributed by atoms with Crippen molar-refractivity contribution in [3.63, 3.8) is 0 Å². The number of esters is 4. The number of rotatable bonds is 80. The molecule has 614 valence electrons. The van der Waals surface area contributed by atoms with Gasteiger partial charge in [0.05, 0.1) is 26.4 Å². The summed E-state index contributed by atoms with van der Waals surface area (Å²) < 4.78 is 68.7. The second kappa shape index (κ2) is 79.1. The highest BCUT2D eigenvalue weighted by Gasteiger charge is 2.30. The van der Waals surface area contributed by atoms with E-state index in [1.165, 1.54) is 186 Å². The monoisotopic (exact) mass is 1530 g/mol. The molecule has 19 heteroatoms. The van der Waals surface area contributed by atoms with Crippen LogP contribution in [0.1, 0.15) is 374 Å². The minimum absolute atomic E-state index is 0.00789. The molecular weight excluding hydrogens is 1380 g/mol. The van der Waals surface area contributed by atoms with E-state index in [2.05, 4.69) is 101 Å². The summed E-state index contributed by atoms with van der Waals surface area (Å²) in [6.45, 7) is 4.77. The fraction of sp³-hybridized carbons (Fsp3) is 0.770. The van der Waals surface area contributed by atoms with Gasteiger partial charge in [-0.15, -0.1) is 0 Å². The first-order valence-electron chi connectivity index (χ1n) is 42.5. The van der Waals surface area contributed by atoms with Crippen LogP contribution < -0.4 is 0 Å². The number of phosphoric ester groups is 2. The van der Waals surface area contributed by atoms with Crippen molar-refractivity contribution in [2.75, 3.05) is 39.6 Å². The van der Waals surface area contributed by atoms with Gasteiger partial charge in [-0.3, -0.25) is 37.3 Å². The Kier molecular flexibility index (Phi) is 76.1. The molecule has 5 atom stereocenters. The number of aliphatic hydroxyl groups is 1. The van der Waals surface area contributed by atoms with Gasteiger partial charge in [-0.1, -0.05) is 343 Å². The molecule has 0 aromatic rings. The van der Waals surface area contributed by atoms with Crippen LogP contribution in [0, 0.1) is 0 Å². The van der Waals surface area contributed by atoms with Crippen LogP contribution in [0.25, 0.3) is 0 Å². The Morgan fingerprint density at radius 2 is 0.472 bits per heavy atom. The summed E-state index contributed by atoms with van der Waals surface area (Å²) in [6.07, 6.45) is 85.3. The van der Waals surface area contributed by atoms with E-state index in [4.69, 9.17) is 37.0 Å². The molecule has 0 heterocycles. The standard InChI is InChI=1S/C87H154O17P2/c1-5-9-13-17-21-25-29-33-37-40-44-47-51-55-59-63-67-71-84(89)97-77-82(103-86(91)73-69-65-61-57-53-49-43-36-32-28-24-20-16-12-8-4)79-101-105(93,94)99-75-81(88)76-100-106(95,96)102-80-83(104-87(92)74-70-66-62-58-54-50-46-42-39-35-31-27-23-19-15-11-7-3)78-98-85(90)72-68-64-60-56-52-48-45-41-38-34-30-26-22-18-14-10-6-2/h22-23,26-27,34-35,38-39,45-46,48,50,56,58,60,62,81-83,88H,5-21,24-25,28-33,36-37,40-44,47,49,51-55,57,59,61,63-80H2,1-4H3,(H,93,94)(H,95,96)/b26-22-,27-23-,38-34-,39-35-,48-45-,50-46-,60-56-,62-58-/t81-,82-,83-/m1/s1. The first-order valence-corrected chi connectivity index (χ1v) is 45.5. The minimum Gasteiger partial charge on any atom is -0.462 e. The Hall–Kier alpha value is -4.02. The smallest absolute Gasteiger partial charge is 0.462 e. The third kappa shape index (κ3) is 78.1. The summed E-state index contributed by atoms with van der Waals surface area (Å²) in [5.74, 6) is -2.28. The van der Waals surface area contributed by atoms with Crippen LogP contribution in [0.15, 0.2) is 97.2 Å². The van der Waals surface area contributed by atoms with Crippen LogP contribution in [-0.2, 0) is 65.4 Å². The SMILES string of the molecule is CCCCC/C=C\C/C=C\C/C=C\C/C=C\CCCC(=O)OC[C@H](COP(=O)(O)OC[C@H](O)COP(=O)(O)OC[C@@H](COC(=O)CCCCCCCCCCCCCCCCCCC)OC(=O)CCCCCCCCCCCCCCCCC)OC(=O)CCC/C=C\C/C=C\C/C=C\C/C=C\CCCCC. The van der Waals surface area contributed by atoms with Gasteiger partial charge in [-0.2, -0.15) is 0 Å². The van der Waals surface area contributed by atoms with E-state index in [1.54, 1.807) is 0 Å². The molecule has 0 aromatic carbocycles. The maximum Gasteiger partial charge on any atom is 0.472 e. The van der Waals surface area contributed by atoms with Gasteiger partial charge in [0.2, 0.25) is 0 Å². The lowest BCUT2D eigenvalue weighted by Gasteiger charge is -2.21. The molecule has 2 unspecified atom stereocenters. The Morgan fingerprint density at radius 3 is 0.755 bits per heavy atom. The molecule has 0 saturated carbocycles. The number of hydrogen-bond acceptors (Lipinski definition) is 15. The fourth-order valence-electron chi connectivity index (χ4n) is 11.6. The molecule has 0 amide bonds. The van der Waals surface area contributed by atoms with E-state index < -0.39 is 97.5 Å². The summed E-state index contributed by atoms with van der Waals surface area (Å²) in [4.78, 5) is 73.1. The molecule has 0 aliphatic carbocycles. The minimum atomic E-state index is -5.00. The number of carbonyl (C=O) groups is 4. The summed E-state index contributed by atoms with van der Waals surface area (Å²) in [5.41, 5.74) is 0. The number of allylic oxidation sites excluding steroid dienone is 16. The third-order valence-corrected chi connectivity index (χ3v) is 20.0. The highest BCUT2D eigenvalue weighted by Crippen LogP contribution is 2.45. The molecule has 0 bridgehead atoms. The number of aliphatic hydroxyl groups excluding tert-OH is 1. The Balaban J connectivity index is 5.43. The van der Waals surface area contributed by atoms with Gasteiger partial charge in [0.1, 0.15) is 19.3 Å². The third-order valence-electron chi connectivity index (χ3n) is 18.1. The number of unbranched alkanes of at least 4 members (excludes halogenated alkanes) is 38. The molecule has 0 rings (SSSR count). The number of hydrogen-bond donors (Lipinski definition) is 3. The summed E-state index contributed by atoms with van der Waals surface area (Å²) in [5, 5.41) is 10.7. The van der Waals surface area contributed by atoms with Crippen molar-refractivity contribution in [3.05, 3.63) is 97.2 Å². The number of carbonyl (C=O) groups excluding carboxylic acids is 4. The van der Waals surface area contributed by atoms with Crippen LogP contribution in [0.4, 0.5) is 0 Å². The molecule has 0 spiro atoms. The quantitative estimate of drug-likeness (QED) is 0.0169. The van der Waals surface area contributed by atoms with Crippen LogP contribution in [0.2, 0.25) is 0 Å². The normalized spacial score (nSPS) is 14.3. The van der Waals surface area contributed by atoms with Crippen molar-refractivity contribution in [1.82, 2.24) is 0 Å². The van der Waals surface area contributed by atoms with Gasteiger partial charge >= 0.3 is 39.5 Å². The van der Waals surface area contributed by atoms with Gasteiger partial charge in [0.15, 0.2) is 12.2 Å². The second-order valence-corrected chi connectivity index (χ2v) is 31.3. The van der Waals surface area contributed by atoms with E-state index >= 15 is 0 Å². The van der Waals surface area contributed by atoms with Crippen molar-refractivity contribution in [3.8, 4) is 0 Å². The summed E-state index contributed by atoms with van der Waals surface area (Å²) in [6, 6.07) is 0. The van der Waals surface area contributed by atoms with E-state index in [0.717, 1.165) is 96.3 Å². The number of ether oxygens (including phenoxy) is 4. The van der Waals surface area contributed by atoms with Crippen molar-refractivity contribution in [2.24, 2.45) is 0 Å². The average Bonchev–Trinajstić information content (AvgIpc) is 0.902. The lowest BCUT2D eigenvalue weighted by atomic mass is 10.0. The molecule has 106 heavy (non-hydrogen) atoms. The lowest BCUT2D eigenvalue weighted by molar-refractivity contribution is -0.161. The molecule has 0 aliphatic heterocycles. The molecule has 0 radical (unpaired) electrons. The zero-order valence-corrected chi connectivity index (χ0v) is 69.1. The van der Waals surface area contributed by atoms with Gasteiger partial charge in [0, 0.05) is 25.7 Å². The predicted octanol–water partition coefficient (Wildman–Crippen LogP) is 25.1. The first-order chi connectivity index (χ1) is 51.7. The summed E-state index contributed by atoms with van der Waals surface area (Å²) in [7, 11) is -9.99. The molecule has 0 aliphatic rings. The topological polar surface area (TPSA) is 237 Å². The van der Waals surface area contributed by atoms with E-state index in [0.29, 0.717) is 38.5 Å². The van der Waals surface area contributed by atoms with E-state index in [9.17, 15) is 43.2 Å². The molecule has 0 fully saturated rings. The largest absolute Gasteiger partial charge is 0.472 e. The van der Waals surface area contributed by atoms with Gasteiger partial charge < -0.3 is 33.8 Å². The Labute approximate surface area is 646 Å². The zero-order valence-electron chi connectivity index (χ0n) is 67.3. The molecule has 17 nitrogen and oxygen atoms in total. The second-order valence-electron chi connectivity index (χ2n) is 28.4. The first kappa shape index (κ1) is 102. The average molecular weight is 1530 g/mol. The van der Waals surface area contributed by atoms with E-state index in [1.807, 2.05) is 24.3 Å². The zero-order chi connectivity index (χ0) is 77.4. The molecular formula is C87H154O17P2. The van der Waals surface area contributed by atoms with E-state index in [-0.39, 0.29) is 25.7 Å². The predicted molar refractivity (Wildman–Crippen MR) is 436 cm³/mol. The Bertz CT molecular complexity index is 2380. The highest BCUT2D eigenvalue weighted by atomic mass is 31.2. The van der Waals surface area contributed by atoms with Gasteiger partial charge in [-0.05, 0) is 103 Å². The highest BCUT2D eigenvalue weighted by molar-refractivity contribution is 7.47. The van der Waals surface area contributed by atoms with Crippen molar-refractivity contribution in [1.29, 1.82) is 0 Å². The van der Waals surface area contributed by atoms with Crippen LogP contribution in [-0.4, -0.2) is 96.7 Å².